The summed E-state index contributed by atoms with van der Waals surface area (Å²) in [6, 6.07) is 0. The summed E-state index contributed by atoms with van der Waals surface area (Å²) >= 11 is 1.40. The molecule has 2 aromatic rings. The van der Waals surface area contributed by atoms with Crippen molar-refractivity contribution in [3.05, 3.63) is 10.6 Å². The first-order chi connectivity index (χ1) is 9.88. The maximum Gasteiger partial charge on any atom is 0.265 e. The highest BCUT2D eigenvalue weighted by atomic mass is 32.1. The summed E-state index contributed by atoms with van der Waals surface area (Å²) in [5, 5.41) is 14.5. The SMILES string of the molecule is Cc1nn(C)c2sc(C(=O)N(C)CC3CC(O)C3)c(N)c12. The number of fused-ring (bicyclic) bond motifs is 1. The number of aromatic nitrogens is 2. The Kier molecular flexibility index (Phi) is 3.41. The molecule has 0 radical (unpaired) electrons. The molecule has 0 spiro atoms. The van der Waals surface area contributed by atoms with Crippen molar-refractivity contribution in [1.29, 1.82) is 0 Å². The third-order valence-electron chi connectivity index (χ3n) is 4.17. The smallest absolute Gasteiger partial charge is 0.265 e. The maximum absolute atomic E-state index is 12.6. The van der Waals surface area contributed by atoms with Crippen LogP contribution in [-0.4, -0.2) is 45.4 Å². The lowest BCUT2D eigenvalue weighted by molar-refractivity contribution is 0.0267. The van der Waals surface area contributed by atoms with Crippen LogP contribution in [0.3, 0.4) is 0 Å². The summed E-state index contributed by atoms with van der Waals surface area (Å²) in [4.78, 5) is 15.8. The first-order valence-corrected chi connectivity index (χ1v) is 7.85. The number of carbonyl (C=O) groups excluding carboxylic acids is 1. The quantitative estimate of drug-likeness (QED) is 0.897. The number of nitrogen functional groups attached to an aromatic ring is 1. The van der Waals surface area contributed by atoms with Gasteiger partial charge in [-0.3, -0.25) is 9.48 Å². The molecule has 1 amide bonds. The molecule has 0 saturated heterocycles. The third kappa shape index (κ3) is 2.30. The number of rotatable bonds is 3. The van der Waals surface area contributed by atoms with Crippen molar-refractivity contribution in [2.75, 3.05) is 19.3 Å². The van der Waals surface area contributed by atoms with Crippen molar-refractivity contribution in [3.8, 4) is 0 Å². The molecular formula is C14H20N4O2S. The number of aliphatic hydroxyl groups excluding tert-OH is 1. The molecule has 2 heterocycles. The van der Waals surface area contributed by atoms with Crippen LogP contribution in [0.4, 0.5) is 5.69 Å². The zero-order valence-corrected chi connectivity index (χ0v) is 13.3. The Balaban J connectivity index is 1.84. The summed E-state index contributed by atoms with van der Waals surface area (Å²) in [6.07, 6.45) is 1.37. The fraction of sp³-hybridized carbons (Fsp3) is 0.571. The van der Waals surface area contributed by atoms with E-state index in [0.717, 1.165) is 28.8 Å². The average molecular weight is 308 g/mol. The minimum absolute atomic E-state index is 0.0468. The third-order valence-corrected chi connectivity index (χ3v) is 5.43. The van der Waals surface area contributed by atoms with Crippen molar-refractivity contribution in [2.24, 2.45) is 13.0 Å². The summed E-state index contributed by atoms with van der Waals surface area (Å²) in [7, 11) is 3.65. The van der Waals surface area contributed by atoms with Gasteiger partial charge in [-0.15, -0.1) is 11.3 Å². The number of carbonyl (C=O) groups is 1. The van der Waals surface area contributed by atoms with Crippen molar-refractivity contribution >= 4 is 33.1 Å². The molecule has 0 aliphatic heterocycles. The monoisotopic (exact) mass is 308 g/mol. The Morgan fingerprint density at radius 3 is 2.81 bits per heavy atom. The number of hydrogen-bond acceptors (Lipinski definition) is 5. The molecule has 114 valence electrons. The molecule has 1 saturated carbocycles. The van der Waals surface area contributed by atoms with Crippen molar-refractivity contribution < 1.29 is 9.90 Å². The van der Waals surface area contributed by atoms with E-state index in [2.05, 4.69) is 5.10 Å². The van der Waals surface area contributed by atoms with Crippen LogP contribution in [0.1, 0.15) is 28.2 Å². The van der Waals surface area contributed by atoms with E-state index in [0.29, 0.717) is 23.0 Å². The molecule has 0 unspecified atom stereocenters. The molecule has 6 nitrogen and oxygen atoms in total. The molecule has 1 fully saturated rings. The van der Waals surface area contributed by atoms with Gasteiger partial charge in [-0.25, -0.2) is 0 Å². The number of thiophene rings is 1. The predicted molar refractivity (Wildman–Crippen MR) is 83.4 cm³/mol. The van der Waals surface area contributed by atoms with Crippen molar-refractivity contribution in [2.45, 2.75) is 25.9 Å². The molecule has 0 aromatic carbocycles. The lowest BCUT2D eigenvalue weighted by atomic mass is 9.82. The van der Waals surface area contributed by atoms with Crippen LogP contribution in [0.15, 0.2) is 0 Å². The number of aliphatic hydroxyl groups is 1. The van der Waals surface area contributed by atoms with E-state index in [4.69, 9.17) is 5.73 Å². The lowest BCUT2D eigenvalue weighted by Gasteiger charge is -2.34. The van der Waals surface area contributed by atoms with Gasteiger partial charge in [0.25, 0.3) is 5.91 Å². The molecule has 3 rings (SSSR count). The molecule has 1 aliphatic carbocycles. The maximum atomic E-state index is 12.6. The van der Waals surface area contributed by atoms with Crippen LogP contribution in [0, 0.1) is 12.8 Å². The normalized spacial score (nSPS) is 21.5. The lowest BCUT2D eigenvalue weighted by Crippen LogP contribution is -2.39. The Bertz CT molecular complexity index is 699. The summed E-state index contributed by atoms with van der Waals surface area (Å²) in [6.45, 7) is 2.57. The fourth-order valence-corrected chi connectivity index (χ4v) is 4.16. The van der Waals surface area contributed by atoms with Gasteiger partial charge in [-0.2, -0.15) is 5.10 Å². The van der Waals surface area contributed by atoms with Gasteiger partial charge in [-0.1, -0.05) is 0 Å². The van der Waals surface area contributed by atoms with Gasteiger partial charge in [0, 0.05) is 20.6 Å². The van der Waals surface area contributed by atoms with E-state index in [9.17, 15) is 9.90 Å². The van der Waals surface area contributed by atoms with Gasteiger partial charge in [0.2, 0.25) is 0 Å². The van der Waals surface area contributed by atoms with Gasteiger partial charge in [-0.05, 0) is 25.7 Å². The topological polar surface area (TPSA) is 84.4 Å². The van der Waals surface area contributed by atoms with Crippen LogP contribution in [-0.2, 0) is 7.05 Å². The Labute approximate surface area is 127 Å². The Morgan fingerprint density at radius 1 is 1.57 bits per heavy atom. The molecule has 7 heteroatoms. The predicted octanol–water partition coefficient (Wildman–Crippen LogP) is 1.37. The van der Waals surface area contributed by atoms with E-state index >= 15 is 0 Å². The standard InChI is InChI=1S/C14H20N4O2S/c1-7-10-11(15)12(21-14(10)18(3)16-7)13(20)17(2)6-8-4-9(19)5-8/h8-9,19H,4-6,15H2,1-3H3. The highest BCUT2D eigenvalue weighted by Crippen LogP contribution is 2.36. The highest BCUT2D eigenvalue weighted by molar-refractivity contribution is 7.21. The molecule has 2 aromatic heterocycles. The molecule has 3 N–H and O–H groups in total. The molecular weight excluding hydrogens is 288 g/mol. The average Bonchev–Trinajstić information content (AvgIpc) is 2.86. The number of nitrogens with two attached hydrogens (primary N) is 1. The minimum atomic E-state index is -0.193. The van der Waals surface area contributed by atoms with E-state index in [-0.39, 0.29) is 12.0 Å². The highest BCUT2D eigenvalue weighted by Gasteiger charge is 2.30. The second kappa shape index (κ2) is 4.99. The van der Waals surface area contributed by atoms with Crippen molar-refractivity contribution in [1.82, 2.24) is 14.7 Å². The largest absolute Gasteiger partial charge is 0.397 e. The summed E-state index contributed by atoms with van der Waals surface area (Å²) in [5.74, 6) is 0.349. The number of aryl methyl sites for hydroxylation is 2. The number of hydrogen-bond donors (Lipinski definition) is 2. The molecule has 0 bridgehead atoms. The van der Waals surface area contributed by atoms with E-state index < -0.39 is 0 Å². The molecule has 0 atom stereocenters. The molecule has 1 aliphatic rings. The van der Waals surface area contributed by atoms with Gasteiger partial charge in [0.1, 0.15) is 9.71 Å². The van der Waals surface area contributed by atoms with Crippen LogP contribution < -0.4 is 5.73 Å². The van der Waals surface area contributed by atoms with Crippen LogP contribution in [0.25, 0.3) is 10.2 Å². The molecule has 21 heavy (non-hydrogen) atoms. The second-order valence-corrected chi connectivity index (χ2v) is 6.91. The van der Waals surface area contributed by atoms with Crippen LogP contribution in [0.2, 0.25) is 0 Å². The second-order valence-electron chi connectivity index (χ2n) is 5.91. The van der Waals surface area contributed by atoms with E-state index in [1.807, 2.05) is 14.0 Å². The number of anilines is 1. The zero-order chi connectivity index (χ0) is 15.3. The van der Waals surface area contributed by atoms with Gasteiger partial charge < -0.3 is 15.7 Å². The summed E-state index contributed by atoms with van der Waals surface area (Å²) < 4.78 is 1.77. The van der Waals surface area contributed by atoms with E-state index in [1.165, 1.54) is 11.3 Å². The number of nitrogens with zero attached hydrogens (tertiary/aromatic N) is 3. The Morgan fingerprint density at radius 2 is 2.24 bits per heavy atom. The van der Waals surface area contributed by atoms with Crippen LogP contribution in [0.5, 0.6) is 0 Å². The fourth-order valence-electron chi connectivity index (χ4n) is 2.98. The van der Waals surface area contributed by atoms with Gasteiger partial charge in [0.05, 0.1) is 22.9 Å². The van der Waals surface area contributed by atoms with Gasteiger partial charge in [0.15, 0.2) is 0 Å². The summed E-state index contributed by atoms with van der Waals surface area (Å²) in [5.41, 5.74) is 7.55. The number of amides is 1. The van der Waals surface area contributed by atoms with Crippen LogP contribution >= 0.6 is 11.3 Å². The van der Waals surface area contributed by atoms with Gasteiger partial charge >= 0.3 is 0 Å². The van der Waals surface area contributed by atoms with E-state index in [1.54, 1.807) is 16.6 Å². The minimum Gasteiger partial charge on any atom is -0.397 e. The Hall–Kier alpha value is -1.60. The van der Waals surface area contributed by atoms with Crippen molar-refractivity contribution in [3.63, 3.8) is 0 Å². The first kappa shape index (κ1) is 14.3. The zero-order valence-electron chi connectivity index (χ0n) is 12.5. The first-order valence-electron chi connectivity index (χ1n) is 7.03.